The summed E-state index contributed by atoms with van der Waals surface area (Å²) in [6.45, 7) is 6.07. The second-order valence-electron chi connectivity index (χ2n) is 6.17. The van der Waals surface area contributed by atoms with E-state index >= 15 is 4.39 Å². The molecule has 1 heterocycles. The maximum atomic E-state index is 15.3. The van der Waals surface area contributed by atoms with Crippen molar-refractivity contribution in [3.8, 4) is 5.75 Å². The van der Waals surface area contributed by atoms with Crippen LogP contribution in [0, 0.1) is 0 Å². The molecule has 1 unspecified atom stereocenters. The molecule has 0 amide bonds. The van der Waals surface area contributed by atoms with Crippen LogP contribution in [-0.2, 0) is 9.53 Å². The number of hydrogen-bond acceptors (Lipinski definition) is 4. The van der Waals surface area contributed by atoms with Crippen molar-refractivity contribution in [1.29, 1.82) is 0 Å². The number of halogens is 1. The molecule has 1 atom stereocenters. The molecule has 0 aromatic heterocycles. The molecule has 0 radical (unpaired) electrons. The molecule has 0 saturated carbocycles. The maximum absolute atomic E-state index is 15.3. The molecule has 1 fully saturated rings. The molecule has 4 nitrogen and oxygen atoms in total. The molecule has 1 saturated heterocycles. The minimum Gasteiger partial charge on any atom is -0.454 e. The third kappa shape index (κ3) is 3.94. The molecule has 1 aliphatic heterocycles. The number of alkyl halides is 1. The van der Waals surface area contributed by atoms with Gasteiger partial charge in [-0.3, -0.25) is 0 Å². The van der Waals surface area contributed by atoms with E-state index in [1.54, 1.807) is 51.1 Å². The number of carbonyl (C=O) groups is 1. The Morgan fingerprint density at radius 3 is 2.24 bits per heavy atom. The summed E-state index contributed by atoms with van der Waals surface area (Å²) in [6, 6.07) is 8.50. The average Bonchev–Trinajstić information content (AvgIpc) is 2.92. The van der Waals surface area contributed by atoms with Crippen molar-refractivity contribution in [2.75, 3.05) is 13.1 Å². The van der Waals surface area contributed by atoms with Crippen LogP contribution in [-0.4, -0.2) is 35.5 Å². The van der Waals surface area contributed by atoms with E-state index in [0.717, 1.165) is 12.8 Å². The highest BCUT2D eigenvalue weighted by Gasteiger charge is 2.51. The first-order chi connectivity index (χ1) is 9.81. The zero-order valence-corrected chi connectivity index (χ0v) is 12.8. The number of ether oxygens (including phenoxy) is 2. The first kappa shape index (κ1) is 15.8. The van der Waals surface area contributed by atoms with E-state index in [9.17, 15) is 4.79 Å². The second-order valence-corrected chi connectivity index (χ2v) is 6.17. The summed E-state index contributed by atoms with van der Waals surface area (Å²) in [7, 11) is 0. The zero-order valence-electron chi connectivity index (χ0n) is 12.8. The SMILES string of the molecule is CC(C)(C)OC(=O)C(F)(Oc1ccccc1)N1CCCC1. The summed E-state index contributed by atoms with van der Waals surface area (Å²) in [6.07, 6.45) is 1.68. The van der Waals surface area contributed by atoms with Crippen molar-refractivity contribution in [3.05, 3.63) is 30.3 Å². The van der Waals surface area contributed by atoms with Gasteiger partial charge in [-0.25, -0.2) is 9.69 Å². The fourth-order valence-electron chi connectivity index (χ4n) is 2.23. The molecule has 1 aliphatic rings. The van der Waals surface area contributed by atoms with Gasteiger partial charge in [0.15, 0.2) is 0 Å². The Balaban J connectivity index is 2.23. The molecule has 0 bridgehead atoms. The van der Waals surface area contributed by atoms with Crippen LogP contribution in [0.25, 0.3) is 0 Å². The molecule has 5 heteroatoms. The molecule has 116 valence electrons. The molecule has 0 spiro atoms. The number of carbonyl (C=O) groups excluding carboxylic acids is 1. The Hall–Kier alpha value is -1.62. The molecular weight excluding hydrogens is 273 g/mol. The molecule has 1 aromatic carbocycles. The summed E-state index contributed by atoms with van der Waals surface area (Å²) in [5.41, 5.74) is -0.770. The lowest BCUT2D eigenvalue weighted by Gasteiger charge is -2.34. The van der Waals surface area contributed by atoms with Crippen LogP contribution in [0.3, 0.4) is 0 Å². The van der Waals surface area contributed by atoms with Gasteiger partial charge in [-0.05, 0) is 45.7 Å². The minimum absolute atomic E-state index is 0.303. The van der Waals surface area contributed by atoms with E-state index in [-0.39, 0.29) is 0 Å². The van der Waals surface area contributed by atoms with E-state index in [0.29, 0.717) is 18.8 Å². The number of esters is 1. The van der Waals surface area contributed by atoms with Gasteiger partial charge in [-0.15, -0.1) is 0 Å². The van der Waals surface area contributed by atoms with E-state index in [1.165, 1.54) is 4.90 Å². The fourth-order valence-corrected chi connectivity index (χ4v) is 2.23. The van der Waals surface area contributed by atoms with Crippen LogP contribution >= 0.6 is 0 Å². The molecule has 0 N–H and O–H groups in total. The van der Waals surface area contributed by atoms with Crippen LogP contribution in [0.1, 0.15) is 33.6 Å². The van der Waals surface area contributed by atoms with E-state index in [1.807, 2.05) is 0 Å². The van der Waals surface area contributed by atoms with Gasteiger partial charge in [0, 0.05) is 13.1 Å². The van der Waals surface area contributed by atoms with Gasteiger partial charge >= 0.3 is 11.9 Å². The highest BCUT2D eigenvalue weighted by molar-refractivity contribution is 5.78. The monoisotopic (exact) mass is 295 g/mol. The van der Waals surface area contributed by atoms with Crippen molar-refractivity contribution in [3.63, 3.8) is 0 Å². The lowest BCUT2D eigenvalue weighted by molar-refractivity contribution is -0.226. The lowest BCUT2D eigenvalue weighted by atomic mass is 10.2. The Labute approximate surface area is 124 Å². The molecule has 21 heavy (non-hydrogen) atoms. The summed E-state index contributed by atoms with van der Waals surface area (Å²) < 4.78 is 25.9. The normalized spacial score (nSPS) is 19.0. The minimum atomic E-state index is -2.58. The quantitative estimate of drug-likeness (QED) is 0.632. The van der Waals surface area contributed by atoms with Crippen molar-refractivity contribution in [2.24, 2.45) is 0 Å². The van der Waals surface area contributed by atoms with Gasteiger partial charge in [0.25, 0.3) is 0 Å². The maximum Gasteiger partial charge on any atom is 0.410 e. The average molecular weight is 295 g/mol. The third-order valence-electron chi connectivity index (χ3n) is 3.16. The van der Waals surface area contributed by atoms with Gasteiger partial charge in [0.2, 0.25) is 0 Å². The third-order valence-corrected chi connectivity index (χ3v) is 3.16. The van der Waals surface area contributed by atoms with Crippen molar-refractivity contribution < 1.29 is 18.7 Å². The number of nitrogens with zero attached hydrogens (tertiary/aromatic N) is 1. The summed E-state index contributed by atoms with van der Waals surface area (Å²) in [5, 5.41) is 0. The molecule has 0 aliphatic carbocycles. The van der Waals surface area contributed by atoms with Gasteiger partial charge < -0.3 is 9.47 Å². The number of benzene rings is 1. The Morgan fingerprint density at radius 1 is 1.14 bits per heavy atom. The highest BCUT2D eigenvalue weighted by atomic mass is 19.2. The molecular formula is C16H22FNO3. The Morgan fingerprint density at radius 2 is 1.71 bits per heavy atom. The van der Waals surface area contributed by atoms with E-state index < -0.39 is 17.5 Å². The fraction of sp³-hybridized carbons (Fsp3) is 0.562. The van der Waals surface area contributed by atoms with Crippen LogP contribution in [0.4, 0.5) is 4.39 Å². The lowest BCUT2D eigenvalue weighted by Crippen LogP contribution is -2.56. The summed E-state index contributed by atoms with van der Waals surface area (Å²) in [5.74, 6) is -3.27. The first-order valence-electron chi connectivity index (χ1n) is 7.23. The van der Waals surface area contributed by atoms with Crippen molar-refractivity contribution in [1.82, 2.24) is 4.90 Å². The number of hydrogen-bond donors (Lipinski definition) is 0. The predicted molar refractivity (Wildman–Crippen MR) is 77.6 cm³/mol. The standard InChI is InChI=1S/C16H22FNO3/c1-15(2,3)21-14(19)16(17,18-11-7-8-12-18)20-13-9-5-4-6-10-13/h4-6,9-10H,7-8,11-12H2,1-3H3. The van der Waals surface area contributed by atoms with Crippen LogP contribution in [0.15, 0.2) is 30.3 Å². The van der Waals surface area contributed by atoms with E-state index in [4.69, 9.17) is 9.47 Å². The zero-order chi connectivity index (χ0) is 15.5. The summed E-state index contributed by atoms with van der Waals surface area (Å²) in [4.78, 5) is 13.7. The van der Waals surface area contributed by atoms with Crippen molar-refractivity contribution >= 4 is 5.97 Å². The number of rotatable bonds is 4. The van der Waals surface area contributed by atoms with Gasteiger partial charge in [0.05, 0.1) is 0 Å². The Bertz CT molecular complexity index is 480. The topological polar surface area (TPSA) is 38.8 Å². The molecule has 1 aromatic rings. The van der Waals surface area contributed by atoms with Crippen LogP contribution in [0.5, 0.6) is 5.75 Å². The predicted octanol–water partition coefficient (Wildman–Crippen LogP) is 3.13. The van der Waals surface area contributed by atoms with Gasteiger partial charge in [0.1, 0.15) is 11.4 Å². The molecule has 2 rings (SSSR count). The van der Waals surface area contributed by atoms with E-state index in [2.05, 4.69) is 0 Å². The summed E-state index contributed by atoms with van der Waals surface area (Å²) >= 11 is 0. The first-order valence-corrected chi connectivity index (χ1v) is 7.23. The number of likely N-dealkylation sites (tertiary alicyclic amines) is 1. The highest BCUT2D eigenvalue weighted by Crippen LogP contribution is 2.30. The van der Waals surface area contributed by atoms with Crippen molar-refractivity contribution in [2.45, 2.75) is 45.2 Å². The Kier molecular flexibility index (Phi) is 4.52. The second kappa shape index (κ2) is 6.02. The smallest absolute Gasteiger partial charge is 0.410 e. The largest absolute Gasteiger partial charge is 0.454 e. The van der Waals surface area contributed by atoms with Crippen LogP contribution in [0.2, 0.25) is 0 Å². The van der Waals surface area contributed by atoms with Gasteiger partial charge in [-0.2, -0.15) is 4.39 Å². The van der Waals surface area contributed by atoms with Crippen LogP contribution < -0.4 is 4.74 Å². The van der Waals surface area contributed by atoms with Gasteiger partial charge in [-0.1, -0.05) is 18.2 Å². The number of para-hydroxylation sites is 1.